The Morgan fingerprint density at radius 3 is 2.50 bits per heavy atom. The van der Waals surface area contributed by atoms with Gasteiger partial charge < -0.3 is 10.1 Å². The summed E-state index contributed by atoms with van der Waals surface area (Å²) in [4.78, 5) is 13.6. The Bertz CT molecular complexity index is 852. The van der Waals surface area contributed by atoms with Gasteiger partial charge in [0, 0.05) is 4.70 Å². The minimum absolute atomic E-state index is 0.00336. The molecular formula is C20H21NO2S. The van der Waals surface area contributed by atoms with Crippen LogP contribution in [-0.4, -0.2) is 13.0 Å². The molecule has 0 saturated heterocycles. The number of carbonyl (C=O) groups excluding carboxylic acids is 1. The molecule has 1 atom stereocenters. The van der Waals surface area contributed by atoms with Gasteiger partial charge in [0.2, 0.25) is 0 Å². The smallest absolute Gasteiger partial charge is 0.262 e. The van der Waals surface area contributed by atoms with Crippen LogP contribution in [-0.2, 0) is 0 Å². The van der Waals surface area contributed by atoms with Crippen LogP contribution >= 0.6 is 11.3 Å². The molecule has 2 aromatic carbocycles. The van der Waals surface area contributed by atoms with Crippen molar-refractivity contribution in [2.24, 2.45) is 0 Å². The van der Waals surface area contributed by atoms with Crippen molar-refractivity contribution >= 4 is 27.3 Å². The molecule has 24 heavy (non-hydrogen) atoms. The van der Waals surface area contributed by atoms with Gasteiger partial charge in [-0.05, 0) is 48.1 Å². The maximum atomic E-state index is 12.8. The Kier molecular flexibility index (Phi) is 4.86. The van der Waals surface area contributed by atoms with Crippen molar-refractivity contribution in [2.75, 3.05) is 7.11 Å². The maximum absolute atomic E-state index is 12.8. The molecule has 3 nitrogen and oxygen atoms in total. The molecule has 1 aromatic heterocycles. The fourth-order valence-electron chi connectivity index (χ4n) is 2.87. The highest BCUT2D eigenvalue weighted by Gasteiger charge is 2.19. The minimum atomic E-state index is -0.00646. The zero-order valence-electron chi connectivity index (χ0n) is 14.1. The van der Waals surface area contributed by atoms with E-state index in [1.54, 1.807) is 18.4 Å². The Labute approximate surface area is 146 Å². The Hall–Kier alpha value is -2.33. The van der Waals surface area contributed by atoms with E-state index in [0.717, 1.165) is 38.3 Å². The van der Waals surface area contributed by atoms with Crippen LogP contribution in [0.5, 0.6) is 5.75 Å². The van der Waals surface area contributed by atoms with Gasteiger partial charge in [-0.1, -0.05) is 37.3 Å². The number of rotatable bonds is 5. The number of hydrogen-bond acceptors (Lipinski definition) is 3. The van der Waals surface area contributed by atoms with Crippen LogP contribution in [0.3, 0.4) is 0 Å². The van der Waals surface area contributed by atoms with Gasteiger partial charge in [0.15, 0.2) is 0 Å². The molecular weight excluding hydrogens is 318 g/mol. The number of amides is 1. The van der Waals surface area contributed by atoms with E-state index in [1.807, 2.05) is 43.3 Å². The molecule has 1 N–H and O–H groups in total. The molecule has 0 spiro atoms. The zero-order valence-corrected chi connectivity index (χ0v) is 14.9. The molecule has 0 aliphatic heterocycles. The van der Waals surface area contributed by atoms with Gasteiger partial charge in [0.1, 0.15) is 5.75 Å². The van der Waals surface area contributed by atoms with Gasteiger partial charge in [-0.2, -0.15) is 0 Å². The monoisotopic (exact) mass is 339 g/mol. The van der Waals surface area contributed by atoms with Crippen molar-refractivity contribution in [1.82, 2.24) is 5.32 Å². The van der Waals surface area contributed by atoms with Crippen molar-refractivity contribution in [2.45, 2.75) is 26.3 Å². The second-order valence-corrected chi connectivity index (χ2v) is 6.81. The largest absolute Gasteiger partial charge is 0.497 e. The summed E-state index contributed by atoms with van der Waals surface area (Å²) in [5, 5.41) is 4.33. The van der Waals surface area contributed by atoms with E-state index in [0.29, 0.717) is 0 Å². The van der Waals surface area contributed by atoms with Crippen LogP contribution in [0, 0.1) is 6.92 Å². The second kappa shape index (κ2) is 7.05. The number of benzene rings is 2. The first-order valence-electron chi connectivity index (χ1n) is 8.07. The van der Waals surface area contributed by atoms with Crippen LogP contribution < -0.4 is 10.1 Å². The molecule has 0 bridgehead atoms. The average Bonchev–Trinajstić information content (AvgIpc) is 2.97. The highest BCUT2D eigenvalue weighted by atomic mass is 32.1. The number of nitrogens with one attached hydrogen (secondary N) is 1. The summed E-state index contributed by atoms with van der Waals surface area (Å²) >= 11 is 1.55. The first-order valence-corrected chi connectivity index (χ1v) is 8.88. The molecule has 1 unspecified atom stereocenters. The molecule has 0 radical (unpaired) electrons. The third-order valence-electron chi connectivity index (χ3n) is 4.28. The van der Waals surface area contributed by atoms with Gasteiger partial charge in [-0.3, -0.25) is 4.79 Å². The highest BCUT2D eigenvalue weighted by Crippen LogP contribution is 2.31. The van der Waals surface area contributed by atoms with Crippen LogP contribution in [0.1, 0.15) is 40.2 Å². The summed E-state index contributed by atoms with van der Waals surface area (Å²) < 4.78 is 6.35. The lowest BCUT2D eigenvalue weighted by molar-refractivity contribution is 0.0939. The van der Waals surface area contributed by atoms with Gasteiger partial charge in [0.05, 0.1) is 18.0 Å². The number of carbonyl (C=O) groups is 1. The first kappa shape index (κ1) is 16.5. The molecule has 0 aliphatic rings. The van der Waals surface area contributed by atoms with E-state index in [9.17, 15) is 4.79 Å². The number of ether oxygens (including phenoxy) is 1. The molecule has 124 valence electrons. The molecule has 0 saturated carbocycles. The van der Waals surface area contributed by atoms with Crippen LogP contribution in [0.2, 0.25) is 0 Å². The van der Waals surface area contributed by atoms with E-state index in [-0.39, 0.29) is 11.9 Å². The Morgan fingerprint density at radius 1 is 1.17 bits per heavy atom. The SMILES string of the molecule is CCC(NC(=O)c1sc2ccccc2c1C)c1ccc(OC)cc1. The van der Waals surface area contributed by atoms with Gasteiger partial charge in [-0.25, -0.2) is 0 Å². The number of hydrogen-bond donors (Lipinski definition) is 1. The summed E-state index contributed by atoms with van der Waals surface area (Å²) in [6.45, 7) is 4.09. The van der Waals surface area contributed by atoms with Crippen molar-refractivity contribution < 1.29 is 9.53 Å². The Morgan fingerprint density at radius 2 is 1.88 bits per heavy atom. The minimum Gasteiger partial charge on any atom is -0.497 e. The number of aryl methyl sites for hydroxylation is 1. The molecule has 1 heterocycles. The van der Waals surface area contributed by atoms with E-state index in [1.165, 1.54) is 0 Å². The third-order valence-corrected chi connectivity index (χ3v) is 5.55. The summed E-state index contributed by atoms with van der Waals surface area (Å²) in [5.41, 5.74) is 2.14. The topological polar surface area (TPSA) is 38.3 Å². The Balaban J connectivity index is 1.84. The summed E-state index contributed by atoms with van der Waals surface area (Å²) in [6, 6.07) is 16.0. The van der Waals surface area contributed by atoms with Crippen molar-refractivity contribution in [3.8, 4) is 5.75 Å². The molecule has 1 amide bonds. The lowest BCUT2D eigenvalue weighted by Crippen LogP contribution is -2.27. The van der Waals surface area contributed by atoms with Crippen LogP contribution in [0.15, 0.2) is 48.5 Å². The van der Waals surface area contributed by atoms with Crippen molar-refractivity contribution in [1.29, 1.82) is 0 Å². The van der Waals surface area contributed by atoms with E-state index >= 15 is 0 Å². The highest BCUT2D eigenvalue weighted by molar-refractivity contribution is 7.21. The number of methoxy groups -OCH3 is 1. The van der Waals surface area contributed by atoms with E-state index in [2.05, 4.69) is 24.4 Å². The molecule has 3 aromatic rings. The standard InChI is InChI=1S/C20H21NO2S/c1-4-17(14-9-11-15(23-3)12-10-14)21-20(22)19-13(2)16-7-5-6-8-18(16)24-19/h5-12,17H,4H2,1-3H3,(H,21,22). The second-order valence-electron chi connectivity index (χ2n) is 5.76. The zero-order chi connectivity index (χ0) is 17.1. The van der Waals surface area contributed by atoms with Crippen LogP contribution in [0.25, 0.3) is 10.1 Å². The third kappa shape index (κ3) is 3.15. The summed E-state index contributed by atoms with van der Waals surface area (Å²) in [5.74, 6) is 0.816. The first-order chi connectivity index (χ1) is 11.6. The van der Waals surface area contributed by atoms with Gasteiger partial charge in [0.25, 0.3) is 5.91 Å². The molecule has 3 rings (SSSR count). The predicted molar refractivity (Wildman–Crippen MR) is 100 cm³/mol. The maximum Gasteiger partial charge on any atom is 0.262 e. The van der Waals surface area contributed by atoms with Crippen LogP contribution in [0.4, 0.5) is 0 Å². The fraction of sp³-hybridized carbons (Fsp3) is 0.250. The molecule has 0 fully saturated rings. The summed E-state index contributed by atoms with van der Waals surface area (Å²) in [7, 11) is 1.65. The number of fused-ring (bicyclic) bond motifs is 1. The van der Waals surface area contributed by atoms with Crippen molar-refractivity contribution in [3.63, 3.8) is 0 Å². The summed E-state index contributed by atoms with van der Waals surface area (Å²) in [6.07, 6.45) is 0.835. The number of thiophene rings is 1. The average molecular weight is 339 g/mol. The van der Waals surface area contributed by atoms with E-state index in [4.69, 9.17) is 4.74 Å². The quantitative estimate of drug-likeness (QED) is 0.702. The van der Waals surface area contributed by atoms with E-state index < -0.39 is 0 Å². The van der Waals surface area contributed by atoms with Gasteiger partial charge in [-0.15, -0.1) is 11.3 Å². The lowest BCUT2D eigenvalue weighted by Gasteiger charge is -2.17. The normalized spacial score (nSPS) is 12.1. The van der Waals surface area contributed by atoms with Crippen molar-refractivity contribution in [3.05, 3.63) is 64.5 Å². The predicted octanol–water partition coefficient (Wildman–Crippen LogP) is 5.10. The molecule has 4 heteroatoms. The van der Waals surface area contributed by atoms with Gasteiger partial charge >= 0.3 is 0 Å². The fourth-order valence-corrected chi connectivity index (χ4v) is 3.98. The molecule has 0 aliphatic carbocycles. The lowest BCUT2D eigenvalue weighted by atomic mass is 10.0.